The molecule has 0 fully saturated rings. The van der Waals surface area contributed by atoms with Gasteiger partial charge in [-0.05, 0) is 18.6 Å². The summed E-state index contributed by atoms with van der Waals surface area (Å²) in [6, 6.07) is 13.1. The van der Waals surface area contributed by atoms with Gasteiger partial charge < -0.3 is 14.6 Å². The normalized spacial score (nSPS) is 11.9. The molecule has 0 saturated heterocycles. The van der Waals surface area contributed by atoms with Crippen molar-refractivity contribution in [2.24, 2.45) is 0 Å². The van der Waals surface area contributed by atoms with Crippen LogP contribution in [0.5, 0.6) is 11.6 Å². The molecule has 1 atom stereocenters. The van der Waals surface area contributed by atoms with Crippen molar-refractivity contribution in [3.05, 3.63) is 53.7 Å². The van der Waals surface area contributed by atoms with Gasteiger partial charge in [0, 0.05) is 11.6 Å². The summed E-state index contributed by atoms with van der Waals surface area (Å²) in [6.07, 6.45) is 0.141. The number of aliphatic hydroxyl groups is 1. The summed E-state index contributed by atoms with van der Waals surface area (Å²) in [5.41, 5.74) is 1.59. The maximum Gasteiger partial charge on any atom is 0.213 e. The molecule has 106 valence electrons. The second-order valence-electron chi connectivity index (χ2n) is 4.42. The van der Waals surface area contributed by atoms with E-state index < -0.39 is 6.10 Å². The Morgan fingerprint density at radius 1 is 1.15 bits per heavy atom. The third-order valence-corrected chi connectivity index (χ3v) is 3.03. The van der Waals surface area contributed by atoms with Crippen LogP contribution in [0.3, 0.4) is 0 Å². The van der Waals surface area contributed by atoms with Crippen LogP contribution in [0.25, 0.3) is 0 Å². The highest BCUT2D eigenvalue weighted by Crippen LogP contribution is 2.27. The minimum atomic E-state index is -0.510. The number of nitrogens with zero attached hydrogens (tertiary/aromatic N) is 1. The van der Waals surface area contributed by atoms with Crippen molar-refractivity contribution in [3.8, 4) is 11.6 Å². The quantitative estimate of drug-likeness (QED) is 0.878. The number of ether oxygens (including phenoxy) is 2. The summed E-state index contributed by atoms with van der Waals surface area (Å²) >= 11 is 0. The van der Waals surface area contributed by atoms with Crippen LogP contribution >= 0.6 is 0 Å². The van der Waals surface area contributed by atoms with E-state index in [1.165, 1.54) is 0 Å². The second kappa shape index (κ2) is 6.91. The molecule has 2 aromatic rings. The third kappa shape index (κ3) is 3.48. The highest BCUT2D eigenvalue weighted by Gasteiger charge is 2.11. The topological polar surface area (TPSA) is 51.6 Å². The predicted octanol–water partition coefficient (Wildman–Crippen LogP) is 3.11. The number of hydrogen-bond donors (Lipinski definition) is 1. The van der Waals surface area contributed by atoms with E-state index >= 15 is 0 Å². The van der Waals surface area contributed by atoms with E-state index in [9.17, 15) is 5.11 Å². The van der Waals surface area contributed by atoms with Crippen LogP contribution in [-0.4, -0.2) is 17.2 Å². The van der Waals surface area contributed by atoms with E-state index in [0.29, 0.717) is 24.7 Å². The van der Waals surface area contributed by atoms with Gasteiger partial charge in [0.25, 0.3) is 0 Å². The molecule has 0 unspecified atom stereocenters. The van der Waals surface area contributed by atoms with Crippen LogP contribution < -0.4 is 9.47 Å². The molecule has 1 aromatic heterocycles. The highest BCUT2D eigenvalue weighted by atomic mass is 16.5. The van der Waals surface area contributed by atoms with Crippen molar-refractivity contribution >= 4 is 0 Å². The van der Waals surface area contributed by atoms with Crippen molar-refractivity contribution < 1.29 is 14.6 Å². The average molecular weight is 273 g/mol. The molecule has 0 saturated carbocycles. The Kier molecular flexibility index (Phi) is 4.96. The molecule has 0 spiro atoms. The fraction of sp³-hybridized carbons (Fsp3) is 0.312. The summed E-state index contributed by atoms with van der Waals surface area (Å²) in [5, 5.41) is 9.97. The molecule has 0 aliphatic rings. The van der Waals surface area contributed by atoms with Crippen LogP contribution in [-0.2, 0) is 6.61 Å². The van der Waals surface area contributed by atoms with Gasteiger partial charge >= 0.3 is 0 Å². The number of rotatable bonds is 6. The Labute approximate surface area is 119 Å². The van der Waals surface area contributed by atoms with E-state index in [1.807, 2.05) is 43.3 Å². The van der Waals surface area contributed by atoms with Crippen LogP contribution in [0.1, 0.15) is 30.7 Å². The summed E-state index contributed by atoms with van der Waals surface area (Å²) in [7, 11) is 1.58. The maximum atomic E-state index is 9.97. The molecular formula is C16H19NO3. The van der Waals surface area contributed by atoms with Crippen molar-refractivity contribution in [2.45, 2.75) is 26.1 Å². The van der Waals surface area contributed by atoms with E-state index in [1.54, 1.807) is 13.2 Å². The highest BCUT2D eigenvalue weighted by molar-refractivity contribution is 5.35. The molecule has 2 rings (SSSR count). The van der Waals surface area contributed by atoms with Crippen molar-refractivity contribution in [1.29, 1.82) is 0 Å². The molecule has 0 aliphatic carbocycles. The van der Waals surface area contributed by atoms with Gasteiger partial charge in [0.1, 0.15) is 12.4 Å². The molecule has 1 aromatic carbocycles. The molecule has 0 bridgehead atoms. The second-order valence-corrected chi connectivity index (χ2v) is 4.42. The van der Waals surface area contributed by atoms with Gasteiger partial charge in [-0.1, -0.05) is 31.2 Å². The summed E-state index contributed by atoms with van der Waals surface area (Å²) in [4.78, 5) is 4.29. The third-order valence-electron chi connectivity index (χ3n) is 3.03. The van der Waals surface area contributed by atoms with Crippen LogP contribution in [0, 0.1) is 0 Å². The fourth-order valence-corrected chi connectivity index (χ4v) is 1.91. The Hall–Kier alpha value is -2.07. The molecule has 1 N–H and O–H groups in total. The number of benzene rings is 1. The lowest BCUT2D eigenvalue weighted by atomic mass is 10.1. The van der Waals surface area contributed by atoms with E-state index in [-0.39, 0.29) is 0 Å². The smallest absolute Gasteiger partial charge is 0.213 e. The Bertz CT molecular complexity index is 557. The lowest BCUT2D eigenvalue weighted by molar-refractivity contribution is 0.166. The molecule has 20 heavy (non-hydrogen) atoms. The number of aliphatic hydroxyl groups excluding tert-OH is 1. The van der Waals surface area contributed by atoms with Gasteiger partial charge in [0.2, 0.25) is 5.88 Å². The lowest BCUT2D eigenvalue weighted by Crippen LogP contribution is -2.03. The summed E-state index contributed by atoms with van der Waals surface area (Å²) < 4.78 is 10.8. The number of methoxy groups -OCH3 is 1. The monoisotopic (exact) mass is 273 g/mol. The molecule has 1 heterocycles. The van der Waals surface area contributed by atoms with Gasteiger partial charge in [0.05, 0.1) is 18.9 Å². The minimum absolute atomic E-state index is 0.338. The number of para-hydroxylation sites is 1. The first kappa shape index (κ1) is 14.3. The van der Waals surface area contributed by atoms with Gasteiger partial charge in [-0.3, -0.25) is 0 Å². The van der Waals surface area contributed by atoms with Crippen LogP contribution in [0.2, 0.25) is 0 Å². The van der Waals surface area contributed by atoms with Crippen LogP contribution in [0.15, 0.2) is 42.5 Å². The van der Waals surface area contributed by atoms with E-state index in [2.05, 4.69) is 4.98 Å². The lowest BCUT2D eigenvalue weighted by Gasteiger charge is -2.14. The van der Waals surface area contributed by atoms with Crippen LogP contribution in [0.4, 0.5) is 0 Å². The predicted molar refractivity (Wildman–Crippen MR) is 76.8 cm³/mol. The number of pyridine rings is 1. The van der Waals surface area contributed by atoms with E-state index in [4.69, 9.17) is 9.47 Å². The largest absolute Gasteiger partial charge is 0.487 e. The zero-order chi connectivity index (χ0) is 14.4. The molecule has 0 radical (unpaired) electrons. The van der Waals surface area contributed by atoms with Gasteiger partial charge in [-0.15, -0.1) is 0 Å². The zero-order valence-electron chi connectivity index (χ0n) is 11.7. The van der Waals surface area contributed by atoms with Crippen molar-refractivity contribution in [2.75, 3.05) is 7.11 Å². The van der Waals surface area contributed by atoms with Gasteiger partial charge in [0.15, 0.2) is 0 Å². The number of aromatic nitrogens is 1. The molecule has 0 amide bonds. The number of hydrogen-bond acceptors (Lipinski definition) is 4. The molecule has 4 nitrogen and oxygen atoms in total. The van der Waals surface area contributed by atoms with Crippen molar-refractivity contribution in [3.63, 3.8) is 0 Å². The van der Waals surface area contributed by atoms with Crippen molar-refractivity contribution in [1.82, 2.24) is 4.98 Å². The summed E-state index contributed by atoms with van der Waals surface area (Å²) in [6.45, 7) is 2.27. The maximum absolute atomic E-state index is 9.97. The average Bonchev–Trinajstić information content (AvgIpc) is 2.52. The van der Waals surface area contributed by atoms with Gasteiger partial charge in [-0.2, -0.15) is 0 Å². The molecule has 0 aliphatic heterocycles. The standard InChI is InChI=1S/C16H19NO3/c1-3-14(18)13-8-4-5-9-15(13)20-11-12-7-6-10-16(17-12)19-2/h4-10,14,18H,3,11H2,1-2H3/t14-/m0/s1. The molecule has 4 heteroatoms. The van der Waals surface area contributed by atoms with E-state index in [0.717, 1.165) is 11.3 Å². The first-order valence-electron chi connectivity index (χ1n) is 6.64. The Morgan fingerprint density at radius 3 is 2.70 bits per heavy atom. The zero-order valence-corrected chi connectivity index (χ0v) is 11.7. The fourth-order valence-electron chi connectivity index (χ4n) is 1.91. The molecular weight excluding hydrogens is 254 g/mol. The first-order valence-corrected chi connectivity index (χ1v) is 6.64. The minimum Gasteiger partial charge on any atom is -0.487 e. The SMILES string of the molecule is CC[C@H](O)c1ccccc1OCc1cccc(OC)n1. The Balaban J connectivity index is 2.10. The van der Waals surface area contributed by atoms with Gasteiger partial charge in [-0.25, -0.2) is 4.98 Å². The summed E-state index contributed by atoms with van der Waals surface area (Å²) in [5.74, 6) is 1.25. The first-order chi connectivity index (χ1) is 9.74. The Morgan fingerprint density at radius 2 is 1.95 bits per heavy atom.